The lowest BCUT2D eigenvalue weighted by Gasteiger charge is -2.13. The number of carbonyl (C=O) groups is 1. The van der Waals surface area contributed by atoms with Crippen molar-refractivity contribution in [1.29, 1.82) is 0 Å². The fourth-order valence-electron chi connectivity index (χ4n) is 2.94. The number of rotatable bonds is 5. The molecular weight excluding hydrogens is 332 g/mol. The summed E-state index contributed by atoms with van der Waals surface area (Å²) in [6.45, 7) is 7.82. The Bertz CT molecular complexity index is 963. The summed E-state index contributed by atoms with van der Waals surface area (Å²) >= 11 is 0. The first-order valence-corrected chi connectivity index (χ1v) is 8.74. The molecule has 0 saturated heterocycles. The number of nitrogens with zero attached hydrogens (tertiary/aromatic N) is 4. The minimum Gasteiger partial charge on any atom is -0.481 e. The predicted molar refractivity (Wildman–Crippen MR) is 101 cm³/mol. The van der Waals surface area contributed by atoms with E-state index in [1.54, 1.807) is 13.2 Å². The molecule has 3 aromatic heterocycles. The molecule has 0 fully saturated rings. The number of aryl methyl sites for hydroxylation is 2. The summed E-state index contributed by atoms with van der Waals surface area (Å²) in [5.74, 6) is 1.86. The standard InChI is InChI=1S/C18H24N6O2/c1-6-7-13-20-11(4)15-16(23-18(25)19-10(2)3)21-12-8-9-14(26-5)22-17(12)24(13)15/h8-10H,6-7H2,1-5H3,(H2,19,21,23,25). The molecule has 26 heavy (non-hydrogen) atoms. The molecule has 3 rings (SSSR count). The summed E-state index contributed by atoms with van der Waals surface area (Å²) in [5.41, 5.74) is 2.87. The van der Waals surface area contributed by atoms with Crippen LogP contribution in [0.25, 0.3) is 16.7 Å². The van der Waals surface area contributed by atoms with E-state index in [-0.39, 0.29) is 12.1 Å². The molecule has 3 heterocycles. The highest BCUT2D eigenvalue weighted by molar-refractivity contribution is 5.95. The Morgan fingerprint density at radius 1 is 1.27 bits per heavy atom. The van der Waals surface area contributed by atoms with Gasteiger partial charge in [0.1, 0.15) is 16.9 Å². The molecule has 0 aliphatic rings. The number of imidazole rings is 1. The van der Waals surface area contributed by atoms with Gasteiger partial charge >= 0.3 is 6.03 Å². The maximum Gasteiger partial charge on any atom is 0.320 e. The quantitative estimate of drug-likeness (QED) is 0.733. The number of ether oxygens (including phenoxy) is 1. The summed E-state index contributed by atoms with van der Waals surface area (Å²) in [7, 11) is 1.58. The second-order valence-electron chi connectivity index (χ2n) is 6.46. The van der Waals surface area contributed by atoms with Crippen LogP contribution in [0.15, 0.2) is 12.1 Å². The van der Waals surface area contributed by atoms with E-state index in [0.29, 0.717) is 22.9 Å². The van der Waals surface area contributed by atoms with Gasteiger partial charge in [0.15, 0.2) is 11.5 Å². The van der Waals surface area contributed by atoms with E-state index in [1.807, 2.05) is 31.2 Å². The first-order chi connectivity index (χ1) is 12.4. The van der Waals surface area contributed by atoms with Crippen molar-refractivity contribution in [3.63, 3.8) is 0 Å². The molecule has 0 atom stereocenters. The molecule has 0 spiro atoms. The van der Waals surface area contributed by atoms with Crippen molar-refractivity contribution in [2.75, 3.05) is 12.4 Å². The van der Waals surface area contributed by atoms with Gasteiger partial charge in [-0.2, -0.15) is 4.98 Å². The van der Waals surface area contributed by atoms with Gasteiger partial charge in [0, 0.05) is 18.5 Å². The van der Waals surface area contributed by atoms with Crippen LogP contribution in [0.1, 0.15) is 38.7 Å². The van der Waals surface area contributed by atoms with E-state index in [9.17, 15) is 4.79 Å². The van der Waals surface area contributed by atoms with Crippen molar-refractivity contribution >= 4 is 28.5 Å². The Morgan fingerprint density at radius 2 is 2.04 bits per heavy atom. The number of amides is 2. The lowest BCUT2D eigenvalue weighted by molar-refractivity contribution is 0.250. The lowest BCUT2D eigenvalue weighted by atomic mass is 10.3. The van der Waals surface area contributed by atoms with Crippen LogP contribution >= 0.6 is 0 Å². The summed E-state index contributed by atoms with van der Waals surface area (Å²) in [4.78, 5) is 26.1. The zero-order valence-electron chi connectivity index (χ0n) is 15.8. The highest BCUT2D eigenvalue weighted by Crippen LogP contribution is 2.27. The van der Waals surface area contributed by atoms with E-state index in [1.165, 1.54) is 0 Å². The van der Waals surface area contributed by atoms with Crippen LogP contribution in [0.3, 0.4) is 0 Å². The third kappa shape index (κ3) is 3.26. The second kappa shape index (κ2) is 7.15. The molecule has 2 N–H and O–H groups in total. The Balaban J connectivity index is 2.25. The Labute approximate surface area is 152 Å². The largest absolute Gasteiger partial charge is 0.481 e. The summed E-state index contributed by atoms with van der Waals surface area (Å²) in [5, 5.41) is 5.67. The van der Waals surface area contributed by atoms with Crippen LogP contribution in [0.2, 0.25) is 0 Å². The smallest absolute Gasteiger partial charge is 0.320 e. The number of fused-ring (bicyclic) bond motifs is 3. The van der Waals surface area contributed by atoms with Crippen LogP contribution in [0.5, 0.6) is 5.88 Å². The Morgan fingerprint density at radius 3 is 2.69 bits per heavy atom. The molecule has 138 valence electrons. The Hall–Kier alpha value is -2.90. The van der Waals surface area contributed by atoms with E-state index < -0.39 is 0 Å². The number of anilines is 1. The van der Waals surface area contributed by atoms with Gasteiger partial charge < -0.3 is 10.1 Å². The van der Waals surface area contributed by atoms with Gasteiger partial charge in [-0.25, -0.2) is 14.8 Å². The van der Waals surface area contributed by atoms with Crippen molar-refractivity contribution in [3.05, 3.63) is 23.7 Å². The number of methoxy groups -OCH3 is 1. The first kappa shape index (κ1) is 17.9. The zero-order valence-corrected chi connectivity index (χ0v) is 15.8. The maximum absolute atomic E-state index is 12.2. The zero-order chi connectivity index (χ0) is 18.8. The number of carbonyl (C=O) groups excluding carboxylic acids is 1. The Kier molecular flexibility index (Phi) is 4.92. The highest BCUT2D eigenvalue weighted by atomic mass is 16.5. The second-order valence-corrected chi connectivity index (χ2v) is 6.46. The van der Waals surface area contributed by atoms with E-state index in [2.05, 4.69) is 32.5 Å². The van der Waals surface area contributed by atoms with Crippen molar-refractivity contribution in [1.82, 2.24) is 24.7 Å². The lowest BCUT2D eigenvalue weighted by Crippen LogP contribution is -2.34. The molecule has 2 amide bonds. The molecule has 8 heteroatoms. The fraction of sp³-hybridized carbons (Fsp3) is 0.444. The van der Waals surface area contributed by atoms with Gasteiger partial charge in [-0.3, -0.25) is 9.72 Å². The van der Waals surface area contributed by atoms with E-state index in [0.717, 1.165) is 29.9 Å². The molecule has 8 nitrogen and oxygen atoms in total. The number of hydrogen-bond acceptors (Lipinski definition) is 5. The van der Waals surface area contributed by atoms with Gasteiger partial charge in [0.05, 0.1) is 12.8 Å². The molecule has 0 aliphatic heterocycles. The molecule has 0 aliphatic carbocycles. The van der Waals surface area contributed by atoms with Crippen LogP contribution in [0.4, 0.5) is 10.6 Å². The van der Waals surface area contributed by atoms with E-state index >= 15 is 0 Å². The number of hydrogen-bond donors (Lipinski definition) is 2. The molecule has 0 radical (unpaired) electrons. The third-order valence-electron chi connectivity index (χ3n) is 3.95. The van der Waals surface area contributed by atoms with Gasteiger partial charge in [-0.15, -0.1) is 0 Å². The minimum absolute atomic E-state index is 0.0269. The van der Waals surface area contributed by atoms with Gasteiger partial charge in [-0.05, 0) is 33.3 Å². The van der Waals surface area contributed by atoms with Crippen molar-refractivity contribution in [3.8, 4) is 5.88 Å². The van der Waals surface area contributed by atoms with Crippen LogP contribution in [-0.4, -0.2) is 38.5 Å². The number of aromatic nitrogens is 4. The molecular formula is C18H24N6O2. The number of pyridine rings is 1. The molecule has 3 aromatic rings. The van der Waals surface area contributed by atoms with Crippen molar-refractivity contribution < 1.29 is 9.53 Å². The molecule has 0 bridgehead atoms. The molecule has 0 unspecified atom stereocenters. The number of nitrogens with one attached hydrogen (secondary N) is 2. The SMILES string of the molecule is CCCc1nc(C)c2c(NC(=O)NC(C)C)nc3ccc(OC)nc3n12. The fourth-order valence-corrected chi connectivity index (χ4v) is 2.94. The third-order valence-corrected chi connectivity index (χ3v) is 3.95. The minimum atomic E-state index is -0.298. The molecule has 0 saturated carbocycles. The van der Waals surface area contributed by atoms with Crippen LogP contribution in [-0.2, 0) is 6.42 Å². The van der Waals surface area contributed by atoms with Gasteiger partial charge in [-0.1, -0.05) is 6.92 Å². The topological polar surface area (TPSA) is 93.4 Å². The van der Waals surface area contributed by atoms with Crippen LogP contribution in [0, 0.1) is 6.92 Å². The average Bonchev–Trinajstić information content (AvgIpc) is 2.91. The van der Waals surface area contributed by atoms with Gasteiger partial charge in [0.2, 0.25) is 5.88 Å². The van der Waals surface area contributed by atoms with Gasteiger partial charge in [0.25, 0.3) is 0 Å². The monoisotopic (exact) mass is 356 g/mol. The normalized spacial score (nSPS) is 11.3. The van der Waals surface area contributed by atoms with Crippen molar-refractivity contribution in [2.24, 2.45) is 0 Å². The van der Waals surface area contributed by atoms with Crippen molar-refractivity contribution in [2.45, 2.75) is 46.6 Å². The highest BCUT2D eigenvalue weighted by Gasteiger charge is 2.19. The molecule has 0 aromatic carbocycles. The first-order valence-electron chi connectivity index (χ1n) is 8.74. The maximum atomic E-state index is 12.2. The predicted octanol–water partition coefficient (Wildman–Crippen LogP) is 3.08. The summed E-state index contributed by atoms with van der Waals surface area (Å²) in [6.07, 6.45) is 1.74. The summed E-state index contributed by atoms with van der Waals surface area (Å²) in [6, 6.07) is 3.31. The average molecular weight is 356 g/mol. The van der Waals surface area contributed by atoms with Crippen LogP contribution < -0.4 is 15.4 Å². The number of urea groups is 1. The van der Waals surface area contributed by atoms with E-state index in [4.69, 9.17) is 4.74 Å². The summed E-state index contributed by atoms with van der Waals surface area (Å²) < 4.78 is 7.23.